The van der Waals surface area contributed by atoms with Crippen molar-refractivity contribution in [2.75, 3.05) is 7.05 Å². The molecule has 0 saturated carbocycles. The lowest BCUT2D eigenvalue weighted by molar-refractivity contribution is -0.143. The van der Waals surface area contributed by atoms with Gasteiger partial charge in [0.25, 0.3) is 0 Å². The van der Waals surface area contributed by atoms with Gasteiger partial charge in [0.2, 0.25) is 0 Å². The predicted octanol–water partition coefficient (Wildman–Crippen LogP) is 1.69. The molecule has 0 fully saturated rings. The van der Waals surface area contributed by atoms with E-state index in [-0.39, 0.29) is 0 Å². The highest BCUT2D eigenvalue weighted by atomic mass is 16.4. The summed E-state index contributed by atoms with van der Waals surface area (Å²) >= 11 is 0. The average molecular weight is 250 g/mol. The highest BCUT2D eigenvalue weighted by molar-refractivity contribution is 5.85. The maximum atomic E-state index is 11.8. The number of carbonyl (C=O) groups excluding carboxylic acids is 1. The molecule has 0 saturated heterocycles. The molecule has 1 aromatic carbocycles. The van der Waals surface area contributed by atoms with Crippen LogP contribution in [0.25, 0.3) is 0 Å². The second-order valence-corrected chi connectivity index (χ2v) is 4.70. The van der Waals surface area contributed by atoms with Crippen molar-refractivity contribution in [3.8, 4) is 0 Å². The summed E-state index contributed by atoms with van der Waals surface area (Å²) in [5.74, 6) is -1.07. The second kappa shape index (κ2) is 5.53. The van der Waals surface area contributed by atoms with Crippen molar-refractivity contribution in [1.29, 1.82) is 0 Å². The van der Waals surface area contributed by atoms with E-state index in [1.54, 1.807) is 7.05 Å². The Bertz CT molecular complexity index is 429. The first-order chi connectivity index (χ1) is 8.33. The Hall–Kier alpha value is -2.04. The van der Waals surface area contributed by atoms with Gasteiger partial charge in [-0.2, -0.15) is 0 Å². The number of amides is 2. The van der Waals surface area contributed by atoms with Gasteiger partial charge in [-0.3, -0.25) is 0 Å². The van der Waals surface area contributed by atoms with E-state index in [1.807, 2.05) is 30.3 Å². The molecule has 0 unspecified atom stereocenters. The van der Waals surface area contributed by atoms with E-state index < -0.39 is 17.5 Å². The summed E-state index contributed by atoms with van der Waals surface area (Å²) in [6.07, 6.45) is 0. The molecule has 98 valence electrons. The zero-order valence-corrected chi connectivity index (χ0v) is 10.8. The van der Waals surface area contributed by atoms with Crippen LogP contribution >= 0.6 is 0 Å². The fourth-order valence-electron chi connectivity index (χ4n) is 1.35. The zero-order valence-electron chi connectivity index (χ0n) is 10.8. The van der Waals surface area contributed by atoms with E-state index in [4.69, 9.17) is 5.11 Å². The van der Waals surface area contributed by atoms with E-state index >= 15 is 0 Å². The molecular formula is C13H18N2O3. The van der Waals surface area contributed by atoms with Crippen LogP contribution in [0.5, 0.6) is 0 Å². The van der Waals surface area contributed by atoms with E-state index in [9.17, 15) is 9.59 Å². The third kappa shape index (κ3) is 3.76. The Balaban J connectivity index is 2.60. The molecular weight excluding hydrogens is 232 g/mol. The van der Waals surface area contributed by atoms with Gasteiger partial charge < -0.3 is 15.3 Å². The number of rotatable bonds is 4. The number of nitrogens with one attached hydrogen (secondary N) is 1. The van der Waals surface area contributed by atoms with Crippen molar-refractivity contribution in [2.24, 2.45) is 0 Å². The van der Waals surface area contributed by atoms with Gasteiger partial charge in [-0.05, 0) is 19.4 Å². The van der Waals surface area contributed by atoms with Gasteiger partial charge in [-0.1, -0.05) is 30.3 Å². The van der Waals surface area contributed by atoms with E-state index in [2.05, 4.69) is 5.32 Å². The number of urea groups is 1. The molecule has 2 amide bonds. The molecule has 1 aromatic rings. The summed E-state index contributed by atoms with van der Waals surface area (Å²) < 4.78 is 0. The molecule has 0 radical (unpaired) electrons. The molecule has 0 atom stereocenters. The fraction of sp³-hybridized carbons (Fsp3) is 0.385. The van der Waals surface area contributed by atoms with E-state index in [0.717, 1.165) is 5.56 Å². The molecule has 0 bridgehead atoms. The molecule has 5 nitrogen and oxygen atoms in total. The van der Waals surface area contributed by atoms with Gasteiger partial charge in [0.15, 0.2) is 0 Å². The van der Waals surface area contributed by atoms with Crippen molar-refractivity contribution >= 4 is 12.0 Å². The van der Waals surface area contributed by atoms with Gasteiger partial charge in [0.1, 0.15) is 5.54 Å². The lowest BCUT2D eigenvalue weighted by Crippen LogP contribution is -2.53. The van der Waals surface area contributed by atoms with Crippen LogP contribution in [0.1, 0.15) is 19.4 Å². The Kier molecular flexibility index (Phi) is 4.31. The van der Waals surface area contributed by atoms with Gasteiger partial charge in [0, 0.05) is 13.6 Å². The smallest absolute Gasteiger partial charge is 0.328 e. The molecule has 0 spiro atoms. The van der Waals surface area contributed by atoms with Gasteiger partial charge in [0.05, 0.1) is 0 Å². The third-order valence-corrected chi connectivity index (χ3v) is 2.56. The van der Waals surface area contributed by atoms with Crippen LogP contribution in [0.4, 0.5) is 4.79 Å². The number of nitrogens with zero attached hydrogens (tertiary/aromatic N) is 1. The van der Waals surface area contributed by atoms with E-state index in [0.29, 0.717) is 6.54 Å². The number of carboxylic acids is 1. The van der Waals surface area contributed by atoms with Gasteiger partial charge in [-0.15, -0.1) is 0 Å². The standard InChI is InChI=1S/C13H18N2O3/c1-13(2,11(16)17)14-12(18)15(3)9-10-7-5-4-6-8-10/h4-8H,9H2,1-3H3,(H,14,18)(H,16,17). The average Bonchev–Trinajstić information content (AvgIpc) is 2.29. The minimum Gasteiger partial charge on any atom is -0.480 e. The van der Waals surface area contributed by atoms with Crippen molar-refractivity contribution < 1.29 is 14.7 Å². The minimum atomic E-state index is -1.28. The maximum Gasteiger partial charge on any atom is 0.328 e. The number of benzene rings is 1. The summed E-state index contributed by atoms with van der Waals surface area (Å²) in [5.41, 5.74) is -0.287. The molecule has 5 heteroatoms. The Morgan fingerprint density at radius 3 is 2.33 bits per heavy atom. The molecule has 0 aliphatic heterocycles. The fourth-order valence-corrected chi connectivity index (χ4v) is 1.35. The number of hydrogen-bond acceptors (Lipinski definition) is 2. The SMILES string of the molecule is CN(Cc1ccccc1)C(=O)NC(C)(C)C(=O)O. The van der Waals surface area contributed by atoms with Crippen molar-refractivity contribution in [2.45, 2.75) is 25.9 Å². The first kappa shape index (κ1) is 14.0. The number of carbonyl (C=O) groups is 2. The molecule has 0 aliphatic rings. The number of carboxylic acid groups (broad SMARTS) is 1. The molecule has 0 aliphatic carbocycles. The van der Waals surface area contributed by atoms with Crippen LogP contribution in [0, 0.1) is 0 Å². The Morgan fingerprint density at radius 1 is 1.28 bits per heavy atom. The molecule has 0 aromatic heterocycles. The van der Waals surface area contributed by atoms with Crippen LogP contribution in [-0.2, 0) is 11.3 Å². The van der Waals surface area contributed by atoms with Crippen LogP contribution in [0.15, 0.2) is 30.3 Å². The zero-order chi connectivity index (χ0) is 13.8. The van der Waals surface area contributed by atoms with Crippen LogP contribution in [0.3, 0.4) is 0 Å². The van der Waals surface area contributed by atoms with Crippen molar-refractivity contribution in [3.63, 3.8) is 0 Å². The topological polar surface area (TPSA) is 69.6 Å². The largest absolute Gasteiger partial charge is 0.480 e. The highest BCUT2D eigenvalue weighted by Gasteiger charge is 2.29. The maximum absolute atomic E-state index is 11.8. The summed E-state index contributed by atoms with van der Waals surface area (Å²) in [7, 11) is 1.63. The van der Waals surface area contributed by atoms with E-state index in [1.165, 1.54) is 18.7 Å². The highest BCUT2D eigenvalue weighted by Crippen LogP contribution is 2.06. The third-order valence-electron chi connectivity index (χ3n) is 2.56. The molecule has 0 heterocycles. The lowest BCUT2D eigenvalue weighted by atomic mass is 10.1. The van der Waals surface area contributed by atoms with Gasteiger partial charge >= 0.3 is 12.0 Å². The second-order valence-electron chi connectivity index (χ2n) is 4.70. The summed E-state index contributed by atoms with van der Waals surface area (Å²) in [5, 5.41) is 11.4. The van der Waals surface area contributed by atoms with Crippen molar-refractivity contribution in [1.82, 2.24) is 10.2 Å². The predicted molar refractivity (Wildman–Crippen MR) is 68.2 cm³/mol. The first-order valence-corrected chi connectivity index (χ1v) is 5.63. The summed E-state index contributed by atoms with van der Waals surface area (Å²) in [6, 6.07) is 9.09. The molecule has 18 heavy (non-hydrogen) atoms. The normalized spacial score (nSPS) is 10.8. The number of aliphatic carboxylic acids is 1. The first-order valence-electron chi connectivity index (χ1n) is 5.63. The van der Waals surface area contributed by atoms with Crippen LogP contribution in [-0.4, -0.2) is 34.6 Å². The van der Waals surface area contributed by atoms with Crippen LogP contribution in [0.2, 0.25) is 0 Å². The summed E-state index contributed by atoms with van der Waals surface area (Å²) in [6.45, 7) is 3.33. The quantitative estimate of drug-likeness (QED) is 0.854. The monoisotopic (exact) mass is 250 g/mol. The van der Waals surface area contributed by atoms with Crippen LogP contribution < -0.4 is 5.32 Å². The van der Waals surface area contributed by atoms with Gasteiger partial charge in [-0.25, -0.2) is 9.59 Å². The Morgan fingerprint density at radius 2 is 1.83 bits per heavy atom. The van der Waals surface area contributed by atoms with Crippen molar-refractivity contribution in [3.05, 3.63) is 35.9 Å². The Labute approximate surface area is 106 Å². The molecule has 1 rings (SSSR count). The minimum absolute atomic E-state index is 0.411. The summed E-state index contributed by atoms with van der Waals surface area (Å²) in [4.78, 5) is 24.2. The lowest BCUT2D eigenvalue weighted by Gasteiger charge is -2.25. The molecule has 2 N–H and O–H groups in total. The number of hydrogen-bond donors (Lipinski definition) is 2.